The van der Waals surface area contributed by atoms with Crippen LogP contribution in [0.3, 0.4) is 0 Å². The quantitative estimate of drug-likeness (QED) is 0.153. The summed E-state index contributed by atoms with van der Waals surface area (Å²) >= 11 is 0. The van der Waals surface area contributed by atoms with Crippen molar-refractivity contribution >= 4 is 11.7 Å². The number of H-pyrrole nitrogens is 4. The number of carbonyl (C=O) groups excluding carboxylic acids is 1. The van der Waals surface area contributed by atoms with Gasteiger partial charge in [-0.15, -0.1) is 0 Å². The Labute approximate surface area is 185 Å². The molecule has 4 aromatic rings. The number of hydrogen-bond donors (Lipinski definition) is 4. The van der Waals surface area contributed by atoms with Gasteiger partial charge in [0.15, 0.2) is 0 Å². The number of carbonyl (C=O) groups is 1. The van der Waals surface area contributed by atoms with E-state index in [1.807, 2.05) is 0 Å². The number of non-ortho nitro benzene ring substituents is 1. The van der Waals surface area contributed by atoms with Crippen molar-refractivity contribution in [2.24, 2.45) is 0 Å². The molecule has 0 saturated carbocycles. The van der Waals surface area contributed by atoms with Crippen molar-refractivity contribution in [1.29, 1.82) is 0 Å². The molecule has 2 aromatic carbocycles. The lowest BCUT2D eigenvalue weighted by molar-refractivity contribution is -0.384. The molecule has 33 heavy (non-hydrogen) atoms. The molecule has 0 aliphatic heterocycles. The SMILES string of the molecule is Cc1[nH][nH]c(=O)c1C(c1ccc(OC(=O)c2cccc([N+](=O)[O-])c2)cc1)c1c(C)[nH][nH]c1=O. The van der Waals surface area contributed by atoms with Gasteiger partial charge in [-0.3, -0.25) is 29.9 Å². The second-order valence-corrected chi connectivity index (χ2v) is 7.43. The minimum Gasteiger partial charge on any atom is -0.423 e. The molecule has 0 saturated heterocycles. The molecule has 2 heterocycles. The van der Waals surface area contributed by atoms with Crippen LogP contribution in [0.15, 0.2) is 58.1 Å². The summed E-state index contributed by atoms with van der Waals surface area (Å²) in [5.41, 5.74) is 1.72. The highest BCUT2D eigenvalue weighted by Crippen LogP contribution is 2.32. The largest absolute Gasteiger partial charge is 0.423 e. The Morgan fingerprint density at radius 2 is 1.48 bits per heavy atom. The molecule has 0 spiro atoms. The van der Waals surface area contributed by atoms with Crippen LogP contribution in [0.4, 0.5) is 5.69 Å². The van der Waals surface area contributed by atoms with Gasteiger partial charge in [-0.2, -0.15) is 0 Å². The van der Waals surface area contributed by atoms with Crippen molar-refractivity contribution < 1.29 is 14.5 Å². The Balaban J connectivity index is 1.67. The van der Waals surface area contributed by atoms with Gasteiger partial charge in [-0.25, -0.2) is 4.79 Å². The van der Waals surface area contributed by atoms with Gasteiger partial charge in [0.2, 0.25) is 0 Å². The highest BCUT2D eigenvalue weighted by atomic mass is 16.6. The third-order valence-electron chi connectivity index (χ3n) is 5.32. The summed E-state index contributed by atoms with van der Waals surface area (Å²) in [5, 5.41) is 21.6. The molecular formula is C22H19N5O6. The summed E-state index contributed by atoms with van der Waals surface area (Å²) < 4.78 is 5.34. The van der Waals surface area contributed by atoms with E-state index in [1.54, 1.807) is 26.0 Å². The Hall–Kier alpha value is -4.67. The van der Waals surface area contributed by atoms with Crippen LogP contribution in [0.1, 0.15) is 44.4 Å². The smallest absolute Gasteiger partial charge is 0.343 e. The van der Waals surface area contributed by atoms with E-state index in [-0.39, 0.29) is 28.1 Å². The molecule has 0 aliphatic carbocycles. The Morgan fingerprint density at radius 3 is 1.97 bits per heavy atom. The Bertz CT molecular complexity index is 1400. The number of nitrogens with zero attached hydrogens (tertiary/aromatic N) is 1. The summed E-state index contributed by atoms with van der Waals surface area (Å²) in [6.07, 6.45) is 0. The molecule has 11 nitrogen and oxygen atoms in total. The fourth-order valence-corrected chi connectivity index (χ4v) is 3.72. The number of aromatic nitrogens is 4. The lowest BCUT2D eigenvalue weighted by Gasteiger charge is -2.16. The van der Waals surface area contributed by atoms with Gasteiger partial charge in [0.25, 0.3) is 16.8 Å². The average molecular weight is 449 g/mol. The molecule has 0 aliphatic rings. The van der Waals surface area contributed by atoms with Crippen LogP contribution in [0.2, 0.25) is 0 Å². The van der Waals surface area contributed by atoms with Crippen molar-refractivity contribution in [3.8, 4) is 5.75 Å². The minimum absolute atomic E-state index is 0.0371. The van der Waals surface area contributed by atoms with Crippen LogP contribution >= 0.6 is 0 Å². The van der Waals surface area contributed by atoms with E-state index in [0.717, 1.165) is 6.07 Å². The monoisotopic (exact) mass is 449 g/mol. The van der Waals surface area contributed by atoms with Gasteiger partial charge in [0, 0.05) is 29.4 Å². The summed E-state index contributed by atoms with van der Waals surface area (Å²) in [6.45, 7) is 3.46. The van der Waals surface area contributed by atoms with Crippen LogP contribution < -0.4 is 15.9 Å². The first-order valence-corrected chi connectivity index (χ1v) is 9.87. The zero-order chi connectivity index (χ0) is 23.7. The normalized spacial score (nSPS) is 11.0. The molecule has 0 unspecified atom stereocenters. The van der Waals surface area contributed by atoms with Gasteiger partial charge >= 0.3 is 5.97 Å². The van der Waals surface area contributed by atoms with E-state index in [9.17, 15) is 24.5 Å². The zero-order valence-corrected chi connectivity index (χ0v) is 17.6. The predicted molar refractivity (Wildman–Crippen MR) is 118 cm³/mol. The fraction of sp³-hybridized carbons (Fsp3) is 0.136. The van der Waals surface area contributed by atoms with E-state index in [2.05, 4.69) is 20.4 Å². The second kappa shape index (κ2) is 8.46. The maximum atomic E-state index is 12.5. The predicted octanol–water partition coefficient (Wildman–Crippen LogP) is 2.64. The zero-order valence-electron chi connectivity index (χ0n) is 17.6. The van der Waals surface area contributed by atoms with Gasteiger partial charge in [0.05, 0.1) is 21.6 Å². The fourth-order valence-electron chi connectivity index (χ4n) is 3.72. The molecule has 0 amide bonds. The molecule has 0 atom stereocenters. The number of benzene rings is 2. The summed E-state index contributed by atoms with van der Waals surface area (Å²) in [4.78, 5) is 47.7. The number of hydrogen-bond acceptors (Lipinski definition) is 6. The highest BCUT2D eigenvalue weighted by Gasteiger charge is 2.28. The molecule has 0 fully saturated rings. The number of nitrogens with one attached hydrogen (secondary N) is 4. The van der Waals surface area contributed by atoms with E-state index in [0.29, 0.717) is 28.1 Å². The minimum atomic E-state index is -0.751. The number of aryl methyl sites for hydroxylation is 2. The summed E-state index contributed by atoms with van der Waals surface area (Å²) in [6, 6.07) is 11.6. The number of aromatic amines is 4. The van der Waals surface area contributed by atoms with Crippen LogP contribution in [-0.4, -0.2) is 31.3 Å². The van der Waals surface area contributed by atoms with Crippen molar-refractivity contribution in [2.75, 3.05) is 0 Å². The topological polar surface area (TPSA) is 167 Å². The van der Waals surface area contributed by atoms with Crippen molar-refractivity contribution in [3.05, 3.63) is 113 Å². The third-order valence-corrected chi connectivity index (χ3v) is 5.32. The first-order chi connectivity index (χ1) is 15.8. The summed E-state index contributed by atoms with van der Waals surface area (Å²) in [5.74, 6) is -1.22. The van der Waals surface area contributed by atoms with E-state index < -0.39 is 16.8 Å². The van der Waals surface area contributed by atoms with Crippen molar-refractivity contribution in [1.82, 2.24) is 20.4 Å². The molecule has 168 valence electrons. The molecule has 0 radical (unpaired) electrons. The van der Waals surface area contributed by atoms with Crippen LogP contribution in [-0.2, 0) is 0 Å². The van der Waals surface area contributed by atoms with Crippen molar-refractivity contribution in [3.63, 3.8) is 0 Å². The number of esters is 1. The molecule has 0 bridgehead atoms. The molecule has 4 rings (SSSR count). The van der Waals surface area contributed by atoms with Crippen LogP contribution in [0.5, 0.6) is 5.75 Å². The first kappa shape index (κ1) is 21.6. The Morgan fingerprint density at radius 1 is 0.909 bits per heavy atom. The molecular weight excluding hydrogens is 430 g/mol. The van der Waals surface area contributed by atoms with Crippen LogP contribution in [0.25, 0.3) is 0 Å². The van der Waals surface area contributed by atoms with Gasteiger partial charge in [-0.1, -0.05) is 18.2 Å². The highest BCUT2D eigenvalue weighted by molar-refractivity contribution is 5.91. The summed E-state index contributed by atoms with van der Waals surface area (Å²) in [7, 11) is 0. The first-order valence-electron chi connectivity index (χ1n) is 9.87. The van der Waals surface area contributed by atoms with Crippen molar-refractivity contribution in [2.45, 2.75) is 19.8 Å². The second-order valence-electron chi connectivity index (χ2n) is 7.43. The van der Waals surface area contributed by atoms with E-state index >= 15 is 0 Å². The standard InChI is InChI=1S/C22H19N5O6/c1-11-17(20(28)25-23-11)19(18-12(2)24-26-21(18)29)13-6-8-16(9-7-13)33-22(30)14-4-3-5-15(10-14)27(31)32/h3-10,19H,1-2H3,(H2,23,25,28)(H2,24,26,29). The van der Waals surface area contributed by atoms with Gasteiger partial charge < -0.3 is 14.9 Å². The van der Waals surface area contributed by atoms with E-state index in [1.165, 1.54) is 30.3 Å². The number of nitro groups is 1. The van der Waals surface area contributed by atoms with Gasteiger partial charge in [0.1, 0.15) is 5.75 Å². The van der Waals surface area contributed by atoms with Gasteiger partial charge in [-0.05, 0) is 37.6 Å². The number of ether oxygens (including phenoxy) is 1. The van der Waals surface area contributed by atoms with Crippen LogP contribution in [0, 0.1) is 24.0 Å². The molecule has 4 N–H and O–H groups in total. The number of nitro benzene ring substituents is 1. The lowest BCUT2D eigenvalue weighted by atomic mass is 9.85. The Kier molecular flexibility index (Phi) is 5.53. The average Bonchev–Trinajstić information content (AvgIpc) is 3.31. The van der Waals surface area contributed by atoms with E-state index in [4.69, 9.17) is 4.74 Å². The maximum absolute atomic E-state index is 12.5. The molecule has 11 heteroatoms. The third kappa shape index (κ3) is 4.11. The number of rotatable bonds is 6. The lowest BCUT2D eigenvalue weighted by Crippen LogP contribution is -2.20. The maximum Gasteiger partial charge on any atom is 0.343 e. The molecule has 2 aromatic heterocycles.